The van der Waals surface area contributed by atoms with Crippen LogP contribution in [0.3, 0.4) is 0 Å². The predicted molar refractivity (Wildman–Crippen MR) is 82.9 cm³/mol. The summed E-state index contributed by atoms with van der Waals surface area (Å²) in [5, 5.41) is 7.78. The zero-order chi connectivity index (χ0) is 14.5. The molecule has 3 rings (SSSR count). The maximum atomic E-state index is 4.41. The van der Waals surface area contributed by atoms with E-state index in [-0.39, 0.29) is 0 Å². The van der Waals surface area contributed by atoms with Gasteiger partial charge in [0.05, 0.1) is 6.54 Å². The minimum atomic E-state index is 0.517. The molecule has 0 aliphatic carbocycles. The van der Waals surface area contributed by atoms with Crippen molar-refractivity contribution in [2.75, 3.05) is 19.6 Å². The summed E-state index contributed by atoms with van der Waals surface area (Å²) in [6, 6.07) is 11.2. The highest BCUT2D eigenvalue weighted by atomic mass is 15.4. The average Bonchev–Trinajstić information content (AvgIpc) is 2.97. The van der Waals surface area contributed by atoms with Gasteiger partial charge in [-0.15, -0.1) is 0 Å². The number of hydrogen-bond donors (Lipinski definition) is 1. The van der Waals surface area contributed by atoms with Crippen LogP contribution in [0.15, 0.2) is 36.7 Å². The molecule has 0 saturated carbocycles. The van der Waals surface area contributed by atoms with Crippen molar-refractivity contribution in [1.29, 1.82) is 0 Å². The topological polar surface area (TPSA) is 46.0 Å². The second-order valence-corrected chi connectivity index (χ2v) is 5.51. The van der Waals surface area contributed by atoms with Gasteiger partial charge in [-0.05, 0) is 18.9 Å². The van der Waals surface area contributed by atoms with Gasteiger partial charge in [0.1, 0.15) is 12.2 Å². The molecule has 2 aromatic rings. The van der Waals surface area contributed by atoms with Gasteiger partial charge in [0, 0.05) is 32.2 Å². The van der Waals surface area contributed by atoms with E-state index in [1.165, 1.54) is 5.56 Å². The van der Waals surface area contributed by atoms with Crippen LogP contribution in [0.25, 0.3) is 0 Å². The Bertz CT molecular complexity index is 551. The molecule has 1 fully saturated rings. The predicted octanol–water partition coefficient (Wildman–Crippen LogP) is 1.31. The summed E-state index contributed by atoms with van der Waals surface area (Å²) in [5.74, 6) is 1.07. The lowest BCUT2D eigenvalue weighted by molar-refractivity contribution is 0.146. The second-order valence-electron chi connectivity index (χ2n) is 5.51. The van der Waals surface area contributed by atoms with Crippen LogP contribution in [0.5, 0.6) is 0 Å². The molecule has 1 aliphatic rings. The molecule has 0 amide bonds. The minimum Gasteiger partial charge on any atom is -0.314 e. The summed E-state index contributed by atoms with van der Waals surface area (Å²) in [7, 11) is 0. The first-order valence-corrected chi connectivity index (χ1v) is 7.72. The van der Waals surface area contributed by atoms with Crippen molar-refractivity contribution in [3.05, 3.63) is 48.0 Å². The number of rotatable bonds is 5. The van der Waals surface area contributed by atoms with E-state index < -0.39 is 0 Å². The van der Waals surface area contributed by atoms with E-state index in [2.05, 4.69) is 57.6 Å². The highest BCUT2D eigenvalue weighted by molar-refractivity contribution is 5.16. The quantitative estimate of drug-likeness (QED) is 0.900. The van der Waals surface area contributed by atoms with Crippen molar-refractivity contribution in [3.63, 3.8) is 0 Å². The van der Waals surface area contributed by atoms with Gasteiger partial charge in [-0.2, -0.15) is 5.10 Å². The molecule has 1 unspecified atom stereocenters. The monoisotopic (exact) mass is 285 g/mol. The molecule has 2 heterocycles. The molecule has 1 saturated heterocycles. The van der Waals surface area contributed by atoms with E-state index in [4.69, 9.17) is 0 Å². The summed E-state index contributed by atoms with van der Waals surface area (Å²) in [6.07, 6.45) is 2.74. The molecule has 1 aromatic carbocycles. The first kappa shape index (κ1) is 14.2. The molecule has 1 N–H and O–H groups in total. The van der Waals surface area contributed by atoms with Crippen molar-refractivity contribution in [2.24, 2.45) is 0 Å². The molecular formula is C16H23N5. The van der Waals surface area contributed by atoms with Gasteiger partial charge < -0.3 is 5.32 Å². The van der Waals surface area contributed by atoms with Crippen LogP contribution >= 0.6 is 0 Å². The lowest BCUT2D eigenvalue weighted by Gasteiger charge is -2.36. The summed E-state index contributed by atoms with van der Waals surface area (Å²) in [6.45, 7) is 7.02. The summed E-state index contributed by atoms with van der Waals surface area (Å²) < 4.78 is 1.99. The Morgan fingerprint density at radius 3 is 2.95 bits per heavy atom. The maximum Gasteiger partial charge on any atom is 0.141 e. The Kier molecular flexibility index (Phi) is 4.62. The molecule has 5 nitrogen and oxygen atoms in total. The third-order valence-corrected chi connectivity index (χ3v) is 4.13. The second kappa shape index (κ2) is 6.83. The van der Waals surface area contributed by atoms with E-state index in [0.717, 1.165) is 45.0 Å². The third kappa shape index (κ3) is 3.49. The summed E-state index contributed by atoms with van der Waals surface area (Å²) in [5.41, 5.74) is 1.40. The maximum absolute atomic E-state index is 4.41. The Labute approximate surface area is 126 Å². The molecule has 1 aromatic heterocycles. The SMILES string of the molecule is CCn1ncnc1CN1CCNCC1Cc1ccccc1. The van der Waals surface area contributed by atoms with Gasteiger partial charge in [0.25, 0.3) is 0 Å². The van der Waals surface area contributed by atoms with Crippen LogP contribution in [-0.4, -0.2) is 45.3 Å². The highest BCUT2D eigenvalue weighted by Crippen LogP contribution is 2.13. The first-order valence-electron chi connectivity index (χ1n) is 7.72. The number of benzene rings is 1. The van der Waals surface area contributed by atoms with Crippen molar-refractivity contribution < 1.29 is 0 Å². The molecule has 1 atom stereocenters. The normalized spacial score (nSPS) is 19.8. The standard InChI is InChI=1S/C16H23N5/c1-2-21-16(18-13-19-21)12-20-9-8-17-11-15(20)10-14-6-4-3-5-7-14/h3-7,13,15,17H,2,8-12H2,1H3. The lowest BCUT2D eigenvalue weighted by atomic mass is 10.0. The fraction of sp³-hybridized carbons (Fsp3) is 0.500. The van der Waals surface area contributed by atoms with Crippen molar-refractivity contribution in [1.82, 2.24) is 25.0 Å². The summed E-state index contributed by atoms with van der Waals surface area (Å²) >= 11 is 0. The van der Waals surface area contributed by atoms with Gasteiger partial charge in [0.2, 0.25) is 0 Å². The van der Waals surface area contributed by atoms with Crippen LogP contribution in [0.4, 0.5) is 0 Å². The molecule has 0 bridgehead atoms. The molecule has 112 valence electrons. The Morgan fingerprint density at radius 1 is 1.29 bits per heavy atom. The zero-order valence-electron chi connectivity index (χ0n) is 12.6. The number of nitrogens with one attached hydrogen (secondary N) is 1. The summed E-state index contributed by atoms with van der Waals surface area (Å²) in [4.78, 5) is 6.94. The van der Waals surface area contributed by atoms with E-state index in [1.54, 1.807) is 6.33 Å². The Balaban J connectivity index is 1.69. The fourth-order valence-corrected chi connectivity index (χ4v) is 2.95. The third-order valence-electron chi connectivity index (χ3n) is 4.13. The molecule has 0 radical (unpaired) electrons. The van der Waals surface area contributed by atoms with E-state index in [1.807, 2.05) is 4.68 Å². The van der Waals surface area contributed by atoms with Gasteiger partial charge in [-0.25, -0.2) is 9.67 Å². The fourth-order valence-electron chi connectivity index (χ4n) is 2.95. The van der Waals surface area contributed by atoms with Crippen LogP contribution in [0.1, 0.15) is 18.3 Å². The molecule has 0 spiro atoms. The number of hydrogen-bond acceptors (Lipinski definition) is 4. The molecule has 1 aliphatic heterocycles. The largest absolute Gasteiger partial charge is 0.314 e. The van der Waals surface area contributed by atoms with Gasteiger partial charge in [-0.1, -0.05) is 30.3 Å². The lowest BCUT2D eigenvalue weighted by Crippen LogP contribution is -2.51. The first-order chi connectivity index (χ1) is 10.4. The Morgan fingerprint density at radius 2 is 2.14 bits per heavy atom. The molecule has 5 heteroatoms. The van der Waals surface area contributed by atoms with Crippen LogP contribution < -0.4 is 5.32 Å². The number of aryl methyl sites for hydroxylation is 1. The van der Waals surface area contributed by atoms with Gasteiger partial charge in [-0.3, -0.25) is 4.90 Å². The zero-order valence-corrected chi connectivity index (χ0v) is 12.6. The van der Waals surface area contributed by atoms with E-state index >= 15 is 0 Å². The van der Waals surface area contributed by atoms with Crippen LogP contribution in [-0.2, 0) is 19.5 Å². The minimum absolute atomic E-state index is 0.517. The molecule has 21 heavy (non-hydrogen) atoms. The van der Waals surface area contributed by atoms with E-state index in [9.17, 15) is 0 Å². The number of aromatic nitrogens is 3. The van der Waals surface area contributed by atoms with E-state index in [0.29, 0.717) is 6.04 Å². The molecular weight excluding hydrogens is 262 g/mol. The number of piperazine rings is 1. The van der Waals surface area contributed by atoms with Crippen LogP contribution in [0.2, 0.25) is 0 Å². The van der Waals surface area contributed by atoms with Crippen LogP contribution in [0, 0.1) is 0 Å². The van der Waals surface area contributed by atoms with Gasteiger partial charge >= 0.3 is 0 Å². The average molecular weight is 285 g/mol. The van der Waals surface area contributed by atoms with Crippen molar-refractivity contribution in [2.45, 2.75) is 32.5 Å². The highest BCUT2D eigenvalue weighted by Gasteiger charge is 2.23. The smallest absolute Gasteiger partial charge is 0.141 e. The Hall–Kier alpha value is -1.72. The van der Waals surface area contributed by atoms with Crippen molar-refractivity contribution in [3.8, 4) is 0 Å². The van der Waals surface area contributed by atoms with Crippen molar-refractivity contribution >= 4 is 0 Å². The number of nitrogens with zero attached hydrogens (tertiary/aromatic N) is 4. The van der Waals surface area contributed by atoms with Gasteiger partial charge in [0.15, 0.2) is 0 Å².